The van der Waals surface area contributed by atoms with Gasteiger partial charge in [-0.1, -0.05) is 0 Å². The number of rotatable bonds is 5. The van der Waals surface area contributed by atoms with Crippen molar-refractivity contribution in [1.82, 2.24) is 9.97 Å². The van der Waals surface area contributed by atoms with Gasteiger partial charge in [0.25, 0.3) is 5.69 Å². The molecular formula is C13H14N4O3. The molecule has 0 bridgehead atoms. The summed E-state index contributed by atoms with van der Waals surface area (Å²) in [4.78, 5) is 18.5. The number of non-ortho nitro benzene ring substituents is 1. The zero-order chi connectivity index (χ0) is 14.5. The molecule has 0 saturated heterocycles. The van der Waals surface area contributed by atoms with Crippen LogP contribution in [0.1, 0.15) is 12.7 Å². The van der Waals surface area contributed by atoms with E-state index in [4.69, 9.17) is 4.74 Å². The third-order valence-electron chi connectivity index (χ3n) is 2.44. The van der Waals surface area contributed by atoms with Crippen molar-refractivity contribution >= 4 is 11.5 Å². The summed E-state index contributed by atoms with van der Waals surface area (Å²) in [7, 11) is 0. The van der Waals surface area contributed by atoms with Gasteiger partial charge in [-0.2, -0.15) is 4.98 Å². The van der Waals surface area contributed by atoms with E-state index in [9.17, 15) is 10.1 Å². The number of aromatic nitrogens is 2. The monoisotopic (exact) mass is 274 g/mol. The molecule has 20 heavy (non-hydrogen) atoms. The van der Waals surface area contributed by atoms with Gasteiger partial charge in [0.1, 0.15) is 17.4 Å². The van der Waals surface area contributed by atoms with Gasteiger partial charge < -0.3 is 10.1 Å². The third-order valence-corrected chi connectivity index (χ3v) is 2.44. The van der Waals surface area contributed by atoms with Gasteiger partial charge in [0.2, 0.25) is 5.88 Å². The Balaban J connectivity index is 2.18. The van der Waals surface area contributed by atoms with Crippen LogP contribution in [0.2, 0.25) is 0 Å². The number of hydrogen-bond acceptors (Lipinski definition) is 6. The van der Waals surface area contributed by atoms with Gasteiger partial charge in [0.05, 0.1) is 4.92 Å². The van der Waals surface area contributed by atoms with E-state index in [-0.39, 0.29) is 5.69 Å². The SMILES string of the molecule is CCNc1cc(Oc2ccc([N+](=O)[O-])cc2)nc(C)n1. The van der Waals surface area contributed by atoms with Crippen LogP contribution in [0.4, 0.5) is 11.5 Å². The highest BCUT2D eigenvalue weighted by Crippen LogP contribution is 2.23. The summed E-state index contributed by atoms with van der Waals surface area (Å²) < 4.78 is 5.57. The van der Waals surface area contributed by atoms with Gasteiger partial charge in [0, 0.05) is 24.7 Å². The van der Waals surface area contributed by atoms with Crippen LogP contribution in [-0.4, -0.2) is 21.4 Å². The molecular weight excluding hydrogens is 260 g/mol. The van der Waals surface area contributed by atoms with Crippen LogP contribution in [-0.2, 0) is 0 Å². The van der Waals surface area contributed by atoms with Gasteiger partial charge in [-0.15, -0.1) is 0 Å². The van der Waals surface area contributed by atoms with Crippen molar-refractivity contribution in [3.05, 3.63) is 46.3 Å². The van der Waals surface area contributed by atoms with Gasteiger partial charge >= 0.3 is 0 Å². The van der Waals surface area contributed by atoms with E-state index in [2.05, 4.69) is 15.3 Å². The van der Waals surface area contributed by atoms with Crippen molar-refractivity contribution in [2.24, 2.45) is 0 Å². The maximum atomic E-state index is 10.6. The molecule has 0 saturated carbocycles. The lowest BCUT2D eigenvalue weighted by Crippen LogP contribution is -2.02. The Morgan fingerprint density at radius 2 is 2.00 bits per heavy atom. The standard InChI is InChI=1S/C13H14N4O3/c1-3-14-12-8-13(16-9(2)15-12)20-11-6-4-10(5-7-11)17(18)19/h4-8H,3H2,1-2H3,(H,14,15,16). The average Bonchev–Trinajstić information content (AvgIpc) is 2.39. The molecule has 0 fully saturated rings. The van der Waals surface area contributed by atoms with Crippen LogP contribution in [0.5, 0.6) is 11.6 Å². The fourth-order valence-corrected chi connectivity index (χ4v) is 1.62. The van der Waals surface area contributed by atoms with Crippen LogP contribution in [0.25, 0.3) is 0 Å². The summed E-state index contributed by atoms with van der Waals surface area (Å²) >= 11 is 0. The average molecular weight is 274 g/mol. The minimum atomic E-state index is -0.456. The Hall–Kier alpha value is -2.70. The van der Waals surface area contributed by atoms with Crippen LogP contribution in [0, 0.1) is 17.0 Å². The summed E-state index contributed by atoms with van der Waals surface area (Å²) in [6.45, 7) is 4.48. The maximum absolute atomic E-state index is 10.6. The van der Waals surface area contributed by atoms with Crippen LogP contribution >= 0.6 is 0 Å². The quantitative estimate of drug-likeness (QED) is 0.666. The van der Waals surface area contributed by atoms with E-state index in [1.54, 1.807) is 13.0 Å². The topological polar surface area (TPSA) is 90.2 Å². The van der Waals surface area contributed by atoms with Gasteiger partial charge in [-0.25, -0.2) is 4.98 Å². The number of ether oxygens (including phenoxy) is 1. The molecule has 0 unspecified atom stereocenters. The molecule has 1 heterocycles. The number of nitrogens with zero attached hydrogens (tertiary/aromatic N) is 3. The molecule has 0 amide bonds. The molecule has 7 heteroatoms. The lowest BCUT2D eigenvalue weighted by Gasteiger charge is -2.08. The first kappa shape index (κ1) is 13.7. The molecule has 2 rings (SSSR count). The normalized spacial score (nSPS) is 10.1. The molecule has 0 atom stereocenters. The summed E-state index contributed by atoms with van der Waals surface area (Å²) in [5.74, 6) is 2.13. The first-order valence-electron chi connectivity index (χ1n) is 6.10. The van der Waals surface area contributed by atoms with E-state index in [1.165, 1.54) is 24.3 Å². The first-order valence-corrected chi connectivity index (χ1v) is 6.10. The fourth-order valence-electron chi connectivity index (χ4n) is 1.62. The van der Waals surface area contributed by atoms with E-state index < -0.39 is 4.92 Å². The van der Waals surface area contributed by atoms with E-state index in [0.717, 1.165) is 6.54 Å². The zero-order valence-corrected chi connectivity index (χ0v) is 11.2. The fraction of sp³-hybridized carbons (Fsp3) is 0.231. The third kappa shape index (κ3) is 3.41. The molecule has 1 N–H and O–H groups in total. The van der Waals surface area contributed by atoms with Crippen molar-refractivity contribution in [2.75, 3.05) is 11.9 Å². The van der Waals surface area contributed by atoms with E-state index in [0.29, 0.717) is 23.3 Å². The number of hydrogen-bond donors (Lipinski definition) is 1. The minimum Gasteiger partial charge on any atom is -0.439 e. The summed E-state index contributed by atoms with van der Waals surface area (Å²) in [5, 5.41) is 13.6. The Labute approximate surface area is 115 Å². The number of nitro benzene ring substituents is 1. The Morgan fingerprint density at radius 1 is 1.30 bits per heavy atom. The molecule has 1 aromatic carbocycles. The van der Waals surface area contributed by atoms with Crippen LogP contribution in [0.3, 0.4) is 0 Å². The molecule has 1 aromatic heterocycles. The second kappa shape index (κ2) is 5.96. The number of anilines is 1. The van der Waals surface area contributed by atoms with Crippen molar-refractivity contribution in [1.29, 1.82) is 0 Å². The number of benzene rings is 1. The summed E-state index contributed by atoms with van der Waals surface area (Å²) in [6.07, 6.45) is 0. The second-order valence-electron chi connectivity index (χ2n) is 4.02. The Bertz CT molecular complexity index is 614. The van der Waals surface area contributed by atoms with Gasteiger partial charge in [-0.05, 0) is 26.0 Å². The molecule has 0 aliphatic heterocycles. The van der Waals surface area contributed by atoms with Crippen LogP contribution < -0.4 is 10.1 Å². The number of nitrogens with one attached hydrogen (secondary N) is 1. The maximum Gasteiger partial charge on any atom is 0.269 e. The summed E-state index contributed by atoms with van der Waals surface area (Å²) in [6, 6.07) is 7.51. The lowest BCUT2D eigenvalue weighted by atomic mass is 10.3. The highest BCUT2D eigenvalue weighted by atomic mass is 16.6. The molecule has 7 nitrogen and oxygen atoms in total. The Kier molecular flexibility index (Phi) is 4.09. The van der Waals surface area contributed by atoms with Crippen molar-refractivity contribution in [3.8, 4) is 11.6 Å². The largest absolute Gasteiger partial charge is 0.439 e. The predicted octanol–water partition coefficient (Wildman–Crippen LogP) is 2.92. The highest BCUT2D eigenvalue weighted by Gasteiger charge is 2.07. The lowest BCUT2D eigenvalue weighted by molar-refractivity contribution is -0.384. The smallest absolute Gasteiger partial charge is 0.269 e. The predicted molar refractivity (Wildman–Crippen MR) is 74.1 cm³/mol. The zero-order valence-electron chi connectivity index (χ0n) is 11.2. The van der Waals surface area contributed by atoms with Crippen molar-refractivity contribution < 1.29 is 9.66 Å². The first-order chi connectivity index (χ1) is 9.58. The number of aryl methyl sites for hydroxylation is 1. The van der Waals surface area contributed by atoms with Gasteiger partial charge in [-0.3, -0.25) is 10.1 Å². The summed E-state index contributed by atoms with van der Waals surface area (Å²) in [5.41, 5.74) is 0.0181. The molecule has 0 radical (unpaired) electrons. The van der Waals surface area contributed by atoms with Crippen LogP contribution in [0.15, 0.2) is 30.3 Å². The second-order valence-corrected chi connectivity index (χ2v) is 4.02. The van der Waals surface area contributed by atoms with Crippen molar-refractivity contribution in [2.45, 2.75) is 13.8 Å². The number of nitro groups is 1. The highest BCUT2D eigenvalue weighted by molar-refractivity contribution is 5.41. The Morgan fingerprint density at radius 3 is 2.60 bits per heavy atom. The van der Waals surface area contributed by atoms with Crippen molar-refractivity contribution in [3.63, 3.8) is 0 Å². The van der Waals surface area contributed by atoms with E-state index in [1.807, 2.05) is 6.92 Å². The molecule has 2 aromatic rings. The van der Waals surface area contributed by atoms with Gasteiger partial charge in [0.15, 0.2) is 0 Å². The van der Waals surface area contributed by atoms with E-state index >= 15 is 0 Å². The molecule has 104 valence electrons. The minimum absolute atomic E-state index is 0.0181. The molecule has 0 aliphatic carbocycles. The molecule has 0 spiro atoms. The molecule has 0 aliphatic rings.